The number of hydrogen-bond donors (Lipinski definition) is 0. The quantitative estimate of drug-likeness (QED) is 0.679. The van der Waals surface area contributed by atoms with Crippen molar-refractivity contribution in [3.8, 4) is 17.1 Å². The van der Waals surface area contributed by atoms with Gasteiger partial charge in [-0.3, -0.25) is 4.79 Å². The normalized spacial score (nSPS) is 14.1. The Labute approximate surface area is 168 Å². The lowest BCUT2D eigenvalue weighted by Gasteiger charge is -2.34. The molecular formula is C21H22N4O4. The summed E-state index contributed by atoms with van der Waals surface area (Å²) in [7, 11) is 0. The van der Waals surface area contributed by atoms with E-state index >= 15 is 0 Å². The summed E-state index contributed by atoms with van der Waals surface area (Å²) in [4.78, 5) is 28.5. The molecule has 0 spiro atoms. The zero-order valence-electron chi connectivity index (χ0n) is 16.2. The van der Waals surface area contributed by atoms with E-state index in [1.54, 1.807) is 39.8 Å². The van der Waals surface area contributed by atoms with Crippen LogP contribution in [0.2, 0.25) is 0 Å². The lowest BCUT2D eigenvalue weighted by atomic mass is 10.2. The topological polar surface area (TPSA) is 80.8 Å². The average molecular weight is 394 g/mol. The Bertz CT molecular complexity index is 974. The summed E-state index contributed by atoms with van der Waals surface area (Å²) < 4.78 is 12.1. The van der Waals surface area contributed by atoms with Gasteiger partial charge in [0.15, 0.2) is 5.76 Å². The maximum absolute atomic E-state index is 13.3. The highest BCUT2D eigenvalue weighted by Crippen LogP contribution is 2.23. The van der Waals surface area contributed by atoms with E-state index in [1.807, 2.05) is 36.4 Å². The third kappa shape index (κ3) is 3.87. The highest BCUT2D eigenvalue weighted by molar-refractivity contribution is 5.94. The standard InChI is InChI=1S/C21H22N4O4/c1-2-28-21(27)24-12-10-23(11-13-24)20(26)18-15-17(19-9-6-14-29-19)22-25(18)16-7-4-3-5-8-16/h3-9,14-15H,2,10-13H2,1H3. The SMILES string of the molecule is CCOC(=O)N1CCN(C(=O)c2cc(-c3ccco3)nn2-c2ccccc2)CC1. The maximum Gasteiger partial charge on any atom is 0.409 e. The predicted octanol–water partition coefficient (Wildman–Crippen LogP) is 3.05. The van der Waals surface area contributed by atoms with Gasteiger partial charge in [0.2, 0.25) is 0 Å². The fourth-order valence-corrected chi connectivity index (χ4v) is 3.31. The molecule has 8 heteroatoms. The van der Waals surface area contributed by atoms with E-state index in [4.69, 9.17) is 9.15 Å². The number of benzene rings is 1. The lowest BCUT2D eigenvalue weighted by Crippen LogP contribution is -2.51. The second-order valence-corrected chi connectivity index (χ2v) is 6.62. The molecule has 0 unspecified atom stereocenters. The van der Waals surface area contributed by atoms with Gasteiger partial charge in [-0.05, 0) is 31.2 Å². The van der Waals surface area contributed by atoms with Crippen molar-refractivity contribution in [2.24, 2.45) is 0 Å². The zero-order valence-corrected chi connectivity index (χ0v) is 16.2. The van der Waals surface area contributed by atoms with Crippen molar-refractivity contribution >= 4 is 12.0 Å². The number of amides is 2. The van der Waals surface area contributed by atoms with Crippen molar-refractivity contribution in [3.63, 3.8) is 0 Å². The molecule has 1 aromatic carbocycles. The molecule has 150 valence electrons. The third-order valence-electron chi connectivity index (χ3n) is 4.80. The minimum absolute atomic E-state index is 0.136. The number of piperazine rings is 1. The van der Waals surface area contributed by atoms with E-state index < -0.39 is 0 Å². The molecule has 2 amide bonds. The molecule has 2 aromatic heterocycles. The Balaban J connectivity index is 1.59. The molecule has 1 saturated heterocycles. The molecule has 0 atom stereocenters. The largest absolute Gasteiger partial charge is 0.463 e. The number of furan rings is 1. The van der Waals surface area contributed by atoms with E-state index in [-0.39, 0.29) is 12.0 Å². The Morgan fingerprint density at radius 2 is 1.76 bits per heavy atom. The van der Waals surface area contributed by atoms with Crippen molar-refractivity contribution in [1.29, 1.82) is 0 Å². The van der Waals surface area contributed by atoms with Crippen LogP contribution < -0.4 is 0 Å². The Hall–Kier alpha value is -3.55. The van der Waals surface area contributed by atoms with Gasteiger partial charge in [-0.25, -0.2) is 9.48 Å². The van der Waals surface area contributed by atoms with Crippen molar-refractivity contribution in [2.75, 3.05) is 32.8 Å². The van der Waals surface area contributed by atoms with Gasteiger partial charge in [0.1, 0.15) is 11.4 Å². The number of hydrogen-bond acceptors (Lipinski definition) is 5. The van der Waals surface area contributed by atoms with Crippen LogP contribution in [0.15, 0.2) is 59.2 Å². The molecule has 0 radical (unpaired) electrons. The first-order chi connectivity index (χ1) is 14.2. The van der Waals surface area contributed by atoms with Gasteiger partial charge in [0.25, 0.3) is 5.91 Å². The molecule has 1 aliphatic heterocycles. The number of para-hydroxylation sites is 1. The van der Waals surface area contributed by atoms with Crippen LogP contribution >= 0.6 is 0 Å². The van der Waals surface area contributed by atoms with E-state index in [0.717, 1.165) is 5.69 Å². The minimum atomic E-state index is -0.339. The molecule has 3 heterocycles. The van der Waals surface area contributed by atoms with Crippen LogP contribution in [0.5, 0.6) is 0 Å². The van der Waals surface area contributed by atoms with Crippen LogP contribution in [0.4, 0.5) is 4.79 Å². The molecule has 0 aliphatic carbocycles. The summed E-state index contributed by atoms with van der Waals surface area (Å²) in [5, 5.41) is 4.60. The summed E-state index contributed by atoms with van der Waals surface area (Å²) in [6.07, 6.45) is 1.24. The fourth-order valence-electron chi connectivity index (χ4n) is 3.31. The number of nitrogens with zero attached hydrogens (tertiary/aromatic N) is 4. The van der Waals surface area contributed by atoms with Gasteiger partial charge in [-0.15, -0.1) is 0 Å². The molecule has 3 aromatic rings. The van der Waals surface area contributed by atoms with E-state index in [1.165, 1.54) is 0 Å². The molecule has 8 nitrogen and oxygen atoms in total. The second-order valence-electron chi connectivity index (χ2n) is 6.62. The summed E-state index contributed by atoms with van der Waals surface area (Å²) in [5.74, 6) is 0.462. The minimum Gasteiger partial charge on any atom is -0.463 e. The highest BCUT2D eigenvalue weighted by atomic mass is 16.6. The summed E-state index contributed by atoms with van der Waals surface area (Å²) in [6, 6.07) is 14.8. The monoisotopic (exact) mass is 394 g/mol. The number of carbonyl (C=O) groups is 2. The Morgan fingerprint density at radius 1 is 1.03 bits per heavy atom. The third-order valence-corrected chi connectivity index (χ3v) is 4.80. The molecule has 4 rings (SSSR count). The first-order valence-electron chi connectivity index (χ1n) is 9.57. The van der Waals surface area contributed by atoms with Crippen molar-refractivity contribution < 1.29 is 18.7 Å². The van der Waals surface area contributed by atoms with E-state index in [2.05, 4.69) is 5.10 Å². The van der Waals surface area contributed by atoms with Gasteiger partial charge >= 0.3 is 6.09 Å². The summed E-state index contributed by atoms with van der Waals surface area (Å²) in [6.45, 7) is 3.87. The molecule has 0 N–H and O–H groups in total. The predicted molar refractivity (Wildman–Crippen MR) is 106 cm³/mol. The van der Waals surface area contributed by atoms with Gasteiger partial charge in [0.05, 0.1) is 18.6 Å². The van der Waals surface area contributed by atoms with Gasteiger partial charge in [-0.1, -0.05) is 18.2 Å². The van der Waals surface area contributed by atoms with E-state index in [0.29, 0.717) is 49.9 Å². The van der Waals surface area contributed by atoms with Crippen molar-refractivity contribution in [2.45, 2.75) is 6.92 Å². The Morgan fingerprint density at radius 3 is 2.41 bits per heavy atom. The smallest absolute Gasteiger partial charge is 0.409 e. The van der Waals surface area contributed by atoms with Crippen LogP contribution in [0.1, 0.15) is 17.4 Å². The molecule has 29 heavy (non-hydrogen) atoms. The molecule has 1 aliphatic rings. The number of ether oxygens (including phenoxy) is 1. The number of rotatable bonds is 4. The van der Waals surface area contributed by atoms with Crippen LogP contribution in [0, 0.1) is 0 Å². The van der Waals surface area contributed by atoms with Crippen LogP contribution in [0.25, 0.3) is 17.1 Å². The molecule has 1 fully saturated rings. The maximum atomic E-state index is 13.3. The Kier molecular flexibility index (Phi) is 5.33. The fraction of sp³-hybridized carbons (Fsp3) is 0.286. The first-order valence-corrected chi connectivity index (χ1v) is 9.57. The van der Waals surface area contributed by atoms with Gasteiger partial charge in [0, 0.05) is 32.2 Å². The van der Waals surface area contributed by atoms with E-state index in [9.17, 15) is 9.59 Å². The average Bonchev–Trinajstić information content (AvgIpc) is 3.44. The molecular weight excluding hydrogens is 372 g/mol. The number of aromatic nitrogens is 2. The van der Waals surface area contributed by atoms with Crippen molar-refractivity contribution in [3.05, 3.63) is 60.5 Å². The highest BCUT2D eigenvalue weighted by Gasteiger charge is 2.28. The van der Waals surface area contributed by atoms with Crippen LogP contribution in [-0.4, -0.2) is 64.4 Å². The van der Waals surface area contributed by atoms with Gasteiger partial charge in [-0.2, -0.15) is 5.10 Å². The first kappa shape index (κ1) is 18.8. The van der Waals surface area contributed by atoms with Gasteiger partial charge < -0.3 is 19.0 Å². The molecule has 0 saturated carbocycles. The lowest BCUT2D eigenvalue weighted by molar-refractivity contribution is 0.0563. The zero-order chi connectivity index (χ0) is 20.2. The second kappa shape index (κ2) is 8.22. The number of carbonyl (C=O) groups excluding carboxylic acids is 2. The van der Waals surface area contributed by atoms with Crippen molar-refractivity contribution in [1.82, 2.24) is 19.6 Å². The molecule has 0 bridgehead atoms. The van der Waals surface area contributed by atoms with Crippen LogP contribution in [-0.2, 0) is 4.74 Å². The van der Waals surface area contributed by atoms with Crippen LogP contribution in [0.3, 0.4) is 0 Å². The summed E-state index contributed by atoms with van der Waals surface area (Å²) >= 11 is 0. The summed E-state index contributed by atoms with van der Waals surface area (Å²) in [5.41, 5.74) is 1.83.